The van der Waals surface area contributed by atoms with E-state index in [-0.39, 0.29) is 24.5 Å². The fourth-order valence-electron chi connectivity index (χ4n) is 3.29. The molecule has 0 radical (unpaired) electrons. The number of methoxy groups -OCH3 is 1. The molecule has 0 amide bonds. The van der Waals surface area contributed by atoms with Gasteiger partial charge in [-0.15, -0.1) is 0 Å². The molecule has 154 valence electrons. The van der Waals surface area contributed by atoms with Crippen molar-refractivity contribution in [2.75, 3.05) is 13.7 Å². The van der Waals surface area contributed by atoms with Crippen LogP contribution in [0.1, 0.15) is 12.3 Å². The molecule has 9 heteroatoms. The highest BCUT2D eigenvalue weighted by Crippen LogP contribution is 2.25. The number of rotatable bonds is 7. The Balaban J connectivity index is 1.77. The van der Waals surface area contributed by atoms with Gasteiger partial charge in [0.1, 0.15) is 6.54 Å². The molecule has 0 saturated heterocycles. The Morgan fingerprint density at radius 1 is 1.07 bits per heavy atom. The van der Waals surface area contributed by atoms with Gasteiger partial charge in [-0.05, 0) is 30.7 Å². The molecule has 0 unspecified atom stereocenters. The van der Waals surface area contributed by atoms with Crippen molar-refractivity contribution in [1.82, 2.24) is 19.3 Å². The number of aromatic nitrogens is 4. The summed E-state index contributed by atoms with van der Waals surface area (Å²) in [5.41, 5.74) is 0.376. The lowest BCUT2D eigenvalue weighted by atomic mass is 10.2. The van der Waals surface area contributed by atoms with Crippen LogP contribution in [0.5, 0.6) is 0 Å². The Bertz CT molecular complexity index is 1310. The standard InChI is InChI=1S/C21H19ClN4O4/c1-29-12-6-11-25-20(27)15-8-3-5-10-17(15)26(21(25)28)13-18-23-19(24-30-18)14-7-2-4-9-16(14)22/h2-5,7-10H,6,11-13H2,1H3. The number of para-hydroxylation sites is 1. The van der Waals surface area contributed by atoms with Gasteiger partial charge in [0, 0.05) is 25.8 Å². The van der Waals surface area contributed by atoms with Crippen LogP contribution < -0.4 is 11.2 Å². The molecule has 0 N–H and O–H groups in total. The Morgan fingerprint density at radius 2 is 1.83 bits per heavy atom. The van der Waals surface area contributed by atoms with Crippen molar-refractivity contribution in [1.29, 1.82) is 0 Å². The van der Waals surface area contributed by atoms with E-state index in [1.165, 1.54) is 9.13 Å². The second kappa shape index (κ2) is 8.64. The minimum atomic E-state index is -0.438. The Kier molecular flexibility index (Phi) is 5.78. The normalized spacial score (nSPS) is 11.3. The van der Waals surface area contributed by atoms with E-state index in [0.29, 0.717) is 40.3 Å². The second-order valence-corrected chi connectivity index (χ2v) is 7.09. The third kappa shape index (κ3) is 3.79. The molecule has 0 bridgehead atoms. The first-order chi connectivity index (χ1) is 14.6. The monoisotopic (exact) mass is 426 g/mol. The minimum absolute atomic E-state index is 0.0291. The number of halogens is 1. The minimum Gasteiger partial charge on any atom is -0.385 e. The van der Waals surface area contributed by atoms with E-state index in [9.17, 15) is 9.59 Å². The van der Waals surface area contributed by atoms with Crippen LogP contribution >= 0.6 is 11.6 Å². The van der Waals surface area contributed by atoms with E-state index in [0.717, 1.165) is 0 Å². The summed E-state index contributed by atoms with van der Waals surface area (Å²) in [6, 6.07) is 14.1. The average Bonchev–Trinajstić information content (AvgIpc) is 3.22. The lowest BCUT2D eigenvalue weighted by Gasteiger charge is -2.12. The highest BCUT2D eigenvalue weighted by Gasteiger charge is 2.17. The van der Waals surface area contributed by atoms with E-state index in [2.05, 4.69) is 10.1 Å². The second-order valence-electron chi connectivity index (χ2n) is 6.68. The summed E-state index contributed by atoms with van der Waals surface area (Å²) in [5, 5.41) is 4.93. The van der Waals surface area contributed by atoms with Gasteiger partial charge in [-0.25, -0.2) is 4.79 Å². The topological polar surface area (TPSA) is 92.2 Å². The van der Waals surface area contributed by atoms with Gasteiger partial charge >= 0.3 is 5.69 Å². The molecule has 0 fully saturated rings. The molecule has 0 spiro atoms. The summed E-state index contributed by atoms with van der Waals surface area (Å²) in [7, 11) is 1.58. The first-order valence-electron chi connectivity index (χ1n) is 9.39. The van der Waals surface area contributed by atoms with Crippen molar-refractivity contribution >= 4 is 22.5 Å². The van der Waals surface area contributed by atoms with Crippen molar-refractivity contribution in [3.8, 4) is 11.4 Å². The maximum Gasteiger partial charge on any atom is 0.331 e. The molecule has 0 atom stereocenters. The molecule has 4 rings (SSSR count). The molecule has 2 aromatic heterocycles. The average molecular weight is 427 g/mol. The van der Waals surface area contributed by atoms with Crippen LogP contribution in [0.3, 0.4) is 0 Å². The summed E-state index contributed by atoms with van der Waals surface area (Å²) >= 11 is 6.21. The number of ether oxygens (including phenoxy) is 1. The number of nitrogens with zero attached hydrogens (tertiary/aromatic N) is 4. The summed E-state index contributed by atoms with van der Waals surface area (Å²) in [5.74, 6) is 0.570. The molecule has 0 aliphatic carbocycles. The SMILES string of the molecule is COCCCn1c(=O)c2ccccc2n(Cc2nc(-c3ccccc3Cl)no2)c1=O. The van der Waals surface area contributed by atoms with Gasteiger partial charge in [0.15, 0.2) is 0 Å². The lowest BCUT2D eigenvalue weighted by Crippen LogP contribution is -2.40. The van der Waals surface area contributed by atoms with Crippen LogP contribution in [0.25, 0.3) is 22.3 Å². The summed E-state index contributed by atoms with van der Waals surface area (Å²) < 4.78 is 13.1. The molecule has 0 saturated carbocycles. The van der Waals surface area contributed by atoms with Crippen LogP contribution in [0, 0.1) is 0 Å². The fourth-order valence-corrected chi connectivity index (χ4v) is 3.51. The Labute approximate surface area is 176 Å². The highest BCUT2D eigenvalue weighted by molar-refractivity contribution is 6.33. The van der Waals surface area contributed by atoms with Gasteiger partial charge in [0.25, 0.3) is 5.56 Å². The number of benzene rings is 2. The summed E-state index contributed by atoms with van der Waals surface area (Å²) in [6.45, 7) is 0.732. The zero-order valence-corrected chi connectivity index (χ0v) is 17.0. The molecular formula is C21H19ClN4O4. The van der Waals surface area contributed by atoms with Crippen LogP contribution in [-0.4, -0.2) is 33.0 Å². The number of hydrogen-bond acceptors (Lipinski definition) is 6. The third-order valence-electron chi connectivity index (χ3n) is 4.74. The molecule has 0 aliphatic heterocycles. The van der Waals surface area contributed by atoms with Crippen molar-refractivity contribution < 1.29 is 9.26 Å². The van der Waals surface area contributed by atoms with Crippen LogP contribution in [0.15, 0.2) is 62.6 Å². The smallest absolute Gasteiger partial charge is 0.331 e. The number of hydrogen-bond donors (Lipinski definition) is 0. The molecule has 30 heavy (non-hydrogen) atoms. The lowest BCUT2D eigenvalue weighted by molar-refractivity contribution is 0.189. The third-order valence-corrected chi connectivity index (χ3v) is 5.07. The van der Waals surface area contributed by atoms with Gasteiger partial charge in [0.2, 0.25) is 11.7 Å². The van der Waals surface area contributed by atoms with Gasteiger partial charge in [-0.1, -0.05) is 41.0 Å². The van der Waals surface area contributed by atoms with Gasteiger partial charge in [-0.2, -0.15) is 4.98 Å². The van der Waals surface area contributed by atoms with Gasteiger partial charge < -0.3 is 9.26 Å². The Morgan fingerprint density at radius 3 is 2.63 bits per heavy atom. The van der Waals surface area contributed by atoms with Crippen LogP contribution in [-0.2, 0) is 17.8 Å². The maximum absolute atomic E-state index is 13.1. The predicted octanol–water partition coefficient (Wildman–Crippen LogP) is 2.95. The highest BCUT2D eigenvalue weighted by atomic mass is 35.5. The predicted molar refractivity (Wildman–Crippen MR) is 113 cm³/mol. The summed E-state index contributed by atoms with van der Waals surface area (Å²) in [4.78, 5) is 30.3. The fraction of sp³-hybridized carbons (Fsp3) is 0.238. The largest absolute Gasteiger partial charge is 0.385 e. The van der Waals surface area contributed by atoms with E-state index in [4.69, 9.17) is 20.9 Å². The quantitative estimate of drug-likeness (QED) is 0.422. The molecule has 2 aromatic carbocycles. The molecule has 4 aromatic rings. The molecular weight excluding hydrogens is 408 g/mol. The zero-order chi connectivity index (χ0) is 21.1. The molecule has 0 aliphatic rings. The molecule has 2 heterocycles. The maximum atomic E-state index is 13.1. The van der Waals surface area contributed by atoms with E-state index >= 15 is 0 Å². The van der Waals surface area contributed by atoms with Gasteiger partial charge in [-0.3, -0.25) is 13.9 Å². The van der Waals surface area contributed by atoms with Crippen molar-refractivity contribution in [3.05, 3.63) is 80.3 Å². The van der Waals surface area contributed by atoms with E-state index in [1.54, 1.807) is 43.5 Å². The Hall–Kier alpha value is -3.23. The van der Waals surface area contributed by atoms with Crippen molar-refractivity contribution in [2.45, 2.75) is 19.5 Å². The number of fused-ring (bicyclic) bond motifs is 1. The zero-order valence-electron chi connectivity index (χ0n) is 16.2. The van der Waals surface area contributed by atoms with E-state index < -0.39 is 5.69 Å². The van der Waals surface area contributed by atoms with E-state index in [1.807, 2.05) is 12.1 Å². The van der Waals surface area contributed by atoms with Crippen LogP contribution in [0.2, 0.25) is 5.02 Å². The molecule has 8 nitrogen and oxygen atoms in total. The van der Waals surface area contributed by atoms with Gasteiger partial charge in [0.05, 0.1) is 15.9 Å². The van der Waals surface area contributed by atoms with Crippen LogP contribution in [0.4, 0.5) is 0 Å². The summed E-state index contributed by atoms with van der Waals surface area (Å²) in [6.07, 6.45) is 0.543. The first-order valence-corrected chi connectivity index (χ1v) is 9.76. The first kappa shape index (κ1) is 20.1. The van der Waals surface area contributed by atoms with Crippen molar-refractivity contribution in [2.24, 2.45) is 0 Å². The van der Waals surface area contributed by atoms with Crippen molar-refractivity contribution in [3.63, 3.8) is 0 Å².